The van der Waals surface area contributed by atoms with Gasteiger partial charge in [-0.15, -0.1) is 0 Å². The smallest absolute Gasteiger partial charge is 0.212 e. The van der Waals surface area contributed by atoms with E-state index in [4.69, 9.17) is 16.1 Å². The van der Waals surface area contributed by atoms with Crippen LogP contribution in [0.3, 0.4) is 0 Å². The lowest BCUT2D eigenvalue weighted by Gasteiger charge is -2.22. The Morgan fingerprint density at radius 2 is 2.12 bits per heavy atom. The highest BCUT2D eigenvalue weighted by Crippen LogP contribution is 2.25. The third-order valence-electron chi connectivity index (χ3n) is 4.28. The van der Waals surface area contributed by atoms with Gasteiger partial charge in [-0.25, -0.2) is 13.1 Å². The molecule has 1 N–H and O–H groups in total. The van der Waals surface area contributed by atoms with E-state index in [-0.39, 0.29) is 11.8 Å². The molecule has 0 radical (unpaired) electrons. The monoisotopic (exact) mass is 369 g/mol. The van der Waals surface area contributed by atoms with Crippen molar-refractivity contribution in [3.05, 3.63) is 41.1 Å². The van der Waals surface area contributed by atoms with Crippen LogP contribution in [-0.2, 0) is 16.6 Å². The first-order chi connectivity index (χ1) is 11.5. The first kappa shape index (κ1) is 17.4. The van der Waals surface area contributed by atoms with Crippen LogP contribution in [0.2, 0.25) is 5.02 Å². The fourth-order valence-corrected chi connectivity index (χ4v) is 4.15. The third kappa shape index (κ3) is 4.16. The number of hydrogen-bond acceptors (Lipinski definition) is 5. The van der Waals surface area contributed by atoms with Gasteiger partial charge in [0.05, 0.1) is 12.3 Å². The van der Waals surface area contributed by atoms with Crippen LogP contribution in [-0.4, -0.2) is 43.9 Å². The molecular weight excluding hydrogens is 350 g/mol. The van der Waals surface area contributed by atoms with E-state index in [1.54, 1.807) is 0 Å². The molecule has 0 saturated carbocycles. The summed E-state index contributed by atoms with van der Waals surface area (Å²) in [6.45, 7) is 1.42. The number of nitrogens with one attached hydrogen (secondary N) is 1. The summed E-state index contributed by atoms with van der Waals surface area (Å²) >= 11 is 5.89. The van der Waals surface area contributed by atoms with Gasteiger partial charge in [0.2, 0.25) is 10.0 Å². The molecule has 0 amide bonds. The zero-order valence-electron chi connectivity index (χ0n) is 13.4. The van der Waals surface area contributed by atoms with Crippen molar-refractivity contribution in [1.29, 1.82) is 0 Å². The van der Waals surface area contributed by atoms with Gasteiger partial charge in [-0.1, -0.05) is 28.9 Å². The van der Waals surface area contributed by atoms with Crippen LogP contribution in [0.15, 0.2) is 34.9 Å². The van der Waals surface area contributed by atoms with E-state index >= 15 is 0 Å². The van der Waals surface area contributed by atoms with E-state index in [0.717, 1.165) is 36.4 Å². The minimum absolute atomic E-state index is 0.00605. The van der Waals surface area contributed by atoms with Crippen molar-refractivity contribution >= 4 is 21.6 Å². The van der Waals surface area contributed by atoms with E-state index in [2.05, 4.69) is 14.8 Å². The normalized spacial score (nSPS) is 19.0. The summed E-state index contributed by atoms with van der Waals surface area (Å²) in [5, 5.41) is 4.77. The van der Waals surface area contributed by atoms with Crippen LogP contribution in [0.4, 0.5) is 0 Å². The number of halogens is 1. The Bertz CT molecular complexity index is 789. The Hall–Kier alpha value is -1.41. The van der Waals surface area contributed by atoms with Crippen LogP contribution >= 0.6 is 11.6 Å². The molecule has 3 rings (SSSR count). The molecular formula is C16H20ClN3O3S. The van der Waals surface area contributed by atoms with Gasteiger partial charge < -0.3 is 4.52 Å². The topological polar surface area (TPSA) is 75.4 Å². The summed E-state index contributed by atoms with van der Waals surface area (Å²) in [6, 6.07) is 9.30. The molecule has 1 saturated heterocycles. The molecule has 6 nitrogen and oxygen atoms in total. The van der Waals surface area contributed by atoms with Crippen molar-refractivity contribution in [3.63, 3.8) is 0 Å². The van der Waals surface area contributed by atoms with E-state index in [0.29, 0.717) is 11.6 Å². The minimum atomic E-state index is -3.22. The van der Waals surface area contributed by atoms with Crippen LogP contribution < -0.4 is 4.72 Å². The molecule has 1 atom stereocenters. The predicted octanol–water partition coefficient (Wildman–Crippen LogP) is 2.51. The quantitative estimate of drug-likeness (QED) is 0.846. The van der Waals surface area contributed by atoms with Crippen LogP contribution in [0.5, 0.6) is 0 Å². The molecule has 2 aromatic rings. The molecule has 2 heterocycles. The lowest BCUT2D eigenvalue weighted by molar-refractivity contribution is 0.227. The van der Waals surface area contributed by atoms with Gasteiger partial charge in [0.1, 0.15) is 5.69 Å². The summed E-state index contributed by atoms with van der Waals surface area (Å²) < 4.78 is 31.4. The van der Waals surface area contributed by atoms with Crippen LogP contribution in [0.1, 0.15) is 18.6 Å². The van der Waals surface area contributed by atoms with Gasteiger partial charge in [0.25, 0.3) is 0 Å². The number of sulfonamides is 1. The van der Waals surface area contributed by atoms with Gasteiger partial charge in [-0.05, 0) is 38.6 Å². The molecule has 24 heavy (non-hydrogen) atoms. The molecule has 1 aliphatic rings. The standard InChI is InChI=1S/C16H20ClN3O3S/c1-18-24(21,22)11-14-3-2-8-20(14)10-15-9-16(19-23-15)12-4-6-13(17)7-5-12/h4-7,9,14,18H,2-3,8,10-11H2,1H3/t14-/m1/s1. The second-order valence-corrected chi connectivity index (χ2v) is 8.34. The number of rotatable bonds is 6. The SMILES string of the molecule is CNS(=O)(=O)C[C@H]1CCCN1Cc1cc(-c2ccc(Cl)cc2)no1. The van der Waals surface area contributed by atoms with Crippen molar-refractivity contribution in [2.75, 3.05) is 19.3 Å². The Kier molecular flexibility index (Phi) is 5.24. The van der Waals surface area contributed by atoms with Crippen LogP contribution in [0, 0.1) is 0 Å². The van der Waals surface area contributed by atoms with E-state index in [1.165, 1.54) is 7.05 Å². The van der Waals surface area contributed by atoms with Gasteiger partial charge >= 0.3 is 0 Å². The molecule has 8 heteroatoms. The third-order valence-corrected chi connectivity index (χ3v) is 5.98. The predicted molar refractivity (Wildman–Crippen MR) is 93.2 cm³/mol. The first-order valence-electron chi connectivity index (χ1n) is 7.83. The summed E-state index contributed by atoms with van der Waals surface area (Å²) in [6.07, 6.45) is 1.86. The van der Waals surface area contributed by atoms with Crippen molar-refractivity contribution in [2.24, 2.45) is 0 Å². The Balaban J connectivity index is 1.69. The first-order valence-corrected chi connectivity index (χ1v) is 9.87. The van der Waals surface area contributed by atoms with Crippen molar-refractivity contribution < 1.29 is 12.9 Å². The second kappa shape index (κ2) is 7.23. The Morgan fingerprint density at radius 1 is 1.38 bits per heavy atom. The highest BCUT2D eigenvalue weighted by molar-refractivity contribution is 7.89. The zero-order chi connectivity index (χ0) is 17.2. The number of aromatic nitrogens is 1. The van der Waals surface area contributed by atoms with Crippen molar-refractivity contribution in [1.82, 2.24) is 14.8 Å². The lowest BCUT2D eigenvalue weighted by atomic mass is 10.1. The van der Waals surface area contributed by atoms with E-state index < -0.39 is 10.0 Å². The summed E-state index contributed by atoms with van der Waals surface area (Å²) in [5.74, 6) is 0.843. The maximum absolute atomic E-state index is 11.8. The Morgan fingerprint density at radius 3 is 2.83 bits per heavy atom. The molecule has 1 aromatic carbocycles. The average Bonchev–Trinajstić information content (AvgIpc) is 3.18. The Labute approximate surface area is 146 Å². The minimum Gasteiger partial charge on any atom is -0.359 e. The van der Waals surface area contributed by atoms with Gasteiger partial charge in [-0.3, -0.25) is 4.90 Å². The maximum Gasteiger partial charge on any atom is 0.212 e. The largest absolute Gasteiger partial charge is 0.359 e. The van der Waals surface area contributed by atoms with Crippen molar-refractivity contribution in [2.45, 2.75) is 25.4 Å². The number of likely N-dealkylation sites (tertiary alicyclic amines) is 1. The molecule has 1 aromatic heterocycles. The molecule has 130 valence electrons. The molecule has 1 fully saturated rings. The lowest BCUT2D eigenvalue weighted by Crippen LogP contribution is -2.38. The molecule has 0 spiro atoms. The number of nitrogens with zero attached hydrogens (tertiary/aromatic N) is 2. The van der Waals surface area contributed by atoms with Gasteiger partial charge in [0, 0.05) is 22.7 Å². The summed E-state index contributed by atoms with van der Waals surface area (Å²) in [7, 11) is -1.77. The molecule has 0 aliphatic carbocycles. The van der Waals surface area contributed by atoms with Crippen molar-refractivity contribution in [3.8, 4) is 11.3 Å². The zero-order valence-corrected chi connectivity index (χ0v) is 15.0. The summed E-state index contributed by atoms with van der Waals surface area (Å²) in [5.41, 5.74) is 1.69. The number of hydrogen-bond donors (Lipinski definition) is 1. The summed E-state index contributed by atoms with van der Waals surface area (Å²) in [4.78, 5) is 2.14. The molecule has 0 bridgehead atoms. The molecule has 0 unspecified atom stereocenters. The van der Waals surface area contributed by atoms with Gasteiger partial charge in [-0.2, -0.15) is 0 Å². The fraction of sp³-hybridized carbons (Fsp3) is 0.438. The second-order valence-electron chi connectivity index (χ2n) is 5.94. The van der Waals surface area contributed by atoms with E-state index in [1.807, 2.05) is 30.3 Å². The highest BCUT2D eigenvalue weighted by Gasteiger charge is 2.29. The maximum atomic E-state index is 11.8. The highest BCUT2D eigenvalue weighted by atomic mass is 35.5. The molecule has 1 aliphatic heterocycles. The fourth-order valence-electron chi connectivity index (χ4n) is 2.97. The number of benzene rings is 1. The average molecular weight is 370 g/mol. The van der Waals surface area contributed by atoms with E-state index in [9.17, 15) is 8.42 Å². The van der Waals surface area contributed by atoms with Crippen LogP contribution in [0.25, 0.3) is 11.3 Å². The van der Waals surface area contributed by atoms with Gasteiger partial charge in [0.15, 0.2) is 5.76 Å².